The van der Waals surface area contributed by atoms with Crippen LogP contribution in [0.3, 0.4) is 0 Å². The molecule has 10 heteroatoms. The van der Waals surface area contributed by atoms with Crippen LogP contribution in [0.4, 0.5) is 13.2 Å². The number of aliphatic carboxylic acids is 1. The van der Waals surface area contributed by atoms with Crippen molar-refractivity contribution in [2.45, 2.75) is 38.4 Å². The number of alkyl halides is 3. The summed E-state index contributed by atoms with van der Waals surface area (Å²) in [5.41, 5.74) is -1.84. The molecule has 0 bridgehead atoms. The van der Waals surface area contributed by atoms with E-state index in [0.29, 0.717) is 6.42 Å². The molecule has 0 spiro atoms. The van der Waals surface area contributed by atoms with Crippen molar-refractivity contribution < 1.29 is 31.5 Å². The van der Waals surface area contributed by atoms with Crippen LogP contribution in [0.1, 0.15) is 26.7 Å². The molecule has 108 valence electrons. The minimum Gasteiger partial charge on any atom is -0.480 e. The Bertz CT molecular complexity index is 396. The fourth-order valence-electron chi connectivity index (χ4n) is 1.21. The minimum absolute atomic E-state index is 0.0464. The van der Waals surface area contributed by atoms with Gasteiger partial charge in [-0.3, -0.25) is 4.79 Å². The molecule has 0 aliphatic rings. The molecule has 0 saturated heterocycles. The maximum atomic E-state index is 11.9. The monoisotopic (exact) mass is 292 g/mol. The molecule has 0 aliphatic heterocycles. The van der Waals surface area contributed by atoms with Gasteiger partial charge in [-0.2, -0.15) is 31.0 Å². The van der Waals surface area contributed by atoms with Gasteiger partial charge in [-0.05, 0) is 13.3 Å². The standard InChI is InChI=1S/C8H15F3N2O4S/c1-3-4-7(2,6(14)15)13-18(16,17)12-5-8(9,10)11/h12-13H,3-5H2,1-2H3,(H,14,15). The summed E-state index contributed by atoms with van der Waals surface area (Å²) in [7, 11) is -4.54. The van der Waals surface area contributed by atoms with Crippen LogP contribution in [-0.2, 0) is 15.0 Å². The second-order valence-corrected chi connectivity index (χ2v) is 5.43. The van der Waals surface area contributed by atoms with Crippen LogP contribution in [0.5, 0.6) is 0 Å². The lowest BCUT2D eigenvalue weighted by Gasteiger charge is -2.25. The van der Waals surface area contributed by atoms with Gasteiger partial charge in [-0.1, -0.05) is 13.3 Å². The van der Waals surface area contributed by atoms with Gasteiger partial charge in [0, 0.05) is 0 Å². The molecule has 0 radical (unpaired) electrons. The van der Waals surface area contributed by atoms with E-state index in [1.165, 1.54) is 4.72 Å². The van der Waals surface area contributed by atoms with Gasteiger partial charge in [-0.15, -0.1) is 0 Å². The Balaban J connectivity index is 4.78. The molecule has 1 atom stereocenters. The highest BCUT2D eigenvalue weighted by molar-refractivity contribution is 7.87. The Morgan fingerprint density at radius 1 is 1.33 bits per heavy atom. The zero-order chi connectivity index (χ0) is 14.6. The van der Waals surface area contributed by atoms with Crippen LogP contribution in [0.25, 0.3) is 0 Å². The number of hydrogen-bond donors (Lipinski definition) is 3. The predicted octanol–water partition coefficient (Wildman–Crippen LogP) is 0.616. The van der Waals surface area contributed by atoms with Crippen molar-refractivity contribution in [1.29, 1.82) is 0 Å². The van der Waals surface area contributed by atoms with Crippen LogP contribution < -0.4 is 9.44 Å². The smallest absolute Gasteiger partial charge is 0.402 e. The molecule has 0 saturated carbocycles. The Hall–Kier alpha value is -0.870. The van der Waals surface area contributed by atoms with Crippen LogP contribution in [0, 0.1) is 0 Å². The number of halogens is 3. The molecule has 0 aliphatic carbocycles. The van der Waals surface area contributed by atoms with Crippen LogP contribution >= 0.6 is 0 Å². The lowest BCUT2D eigenvalue weighted by Crippen LogP contribution is -2.56. The molecular formula is C8H15F3N2O4S. The highest BCUT2D eigenvalue weighted by atomic mass is 32.2. The number of carbonyl (C=O) groups is 1. The van der Waals surface area contributed by atoms with Crippen LogP contribution in [-0.4, -0.2) is 37.8 Å². The van der Waals surface area contributed by atoms with Crippen molar-refractivity contribution in [2.75, 3.05) is 6.54 Å². The van der Waals surface area contributed by atoms with Gasteiger partial charge in [0.2, 0.25) is 0 Å². The lowest BCUT2D eigenvalue weighted by molar-refractivity contribution is -0.143. The molecule has 0 heterocycles. The SMILES string of the molecule is CCCC(C)(NS(=O)(=O)NCC(F)(F)F)C(=O)O. The number of carboxylic acid groups (broad SMARTS) is 1. The number of nitrogens with one attached hydrogen (secondary N) is 2. The van der Waals surface area contributed by atoms with Crippen molar-refractivity contribution in [3.63, 3.8) is 0 Å². The molecule has 0 amide bonds. The average molecular weight is 292 g/mol. The van der Waals surface area contributed by atoms with E-state index in [2.05, 4.69) is 0 Å². The maximum absolute atomic E-state index is 11.9. The van der Waals surface area contributed by atoms with E-state index in [1.807, 2.05) is 0 Å². The number of carboxylic acids is 1. The third-order valence-electron chi connectivity index (χ3n) is 2.04. The highest BCUT2D eigenvalue weighted by Crippen LogP contribution is 2.15. The highest BCUT2D eigenvalue weighted by Gasteiger charge is 2.38. The molecule has 3 N–H and O–H groups in total. The van der Waals surface area contributed by atoms with Crippen molar-refractivity contribution >= 4 is 16.2 Å². The second-order valence-electron chi connectivity index (χ2n) is 3.93. The van der Waals surface area contributed by atoms with E-state index in [1.54, 1.807) is 11.6 Å². The molecule has 0 aromatic rings. The zero-order valence-electron chi connectivity index (χ0n) is 9.84. The van der Waals surface area contributed by atoms with Gasteiger partial charge in [0.15, 0.2) is 0 Å². The summed E-state index contributed by atoms with van der Waals surface area (Å²) in [6.07, 6.45) is -4.40. The molecule has 0 aromatic carbocycles. The summed E-state index contributed by atoms with van der Waals surface area (Å²) in [4.78, 5) is 10.9. The first-order valence-electron chi connectivity index (χ1n) is 5.00. The molecule has 1 unspecified atom stereocenters. The lowest BCUT2D eigenvalue weighted by atomic mass is 9.98. The largest absolute Gasteiger partial charge is 0.480 e. The third kappa shape index (κ3) is 6.17. The van der Waals surface area contributed by atoms with E-state index in [0.717, 1.165) is 6.92 Å². The van der Waals surface area contributed by atoms with Gasteiger partial charge >= 0.3 is 12.1 Å². The first kappa shape index (κ1) is 17.1. The Morgan fingerprint density at radius 3 is 2.17 bits per heavy atom. The van der Waals surface area contributed by atoms with E-state index in [-0.39, 0.29) is 6.42 Å². The molecule has 18 heavy (non-hydrogen) atoms. The summed E-state index contributed by atoms with van der Waals surface area (Å²) >= 11 is 0. The molecule has 0 aromatic heterocycles. The quantitative estimate of drug-likeness (QED) is 0.641. The minimum atomic E-state index is -4.71. The van der Waals surface area contributed by atoms with Gasteiger partial charge in [0.05, 0.1) is 0 Å². The Labute approximate surface area is 103 Å². The van der Waals surface area contributed by atoms with E-state index in [4.69, 9.17) is 5.11 Å². The topological polar surface area (TPSA) is 95.5 Å². The summed E-state index contributed by atoms with van der Waals surface area (Å²) in [5.74, 6) is -1.46. The van der Waals surface area contributed by atoms with E-state index in [9.17, 15) is 26.4 Å². The Morgan fingerprint density at radius 2 is 1.83 bits per heavy atom. The molecule has 0 rings (SSSR count). The summed E-state index contributed by atoms with van der Waals surface area (Å²) < 4.78 is 61.1. The van der Waals surface area contributed by atoms with Crippen LogP contribution in [0.15, 0.2) is 0 Å². The fraction of sp³-hybridized carbons (Fsp3) is 0.875. The normalized spacial score (nSPS) is 16.3. The number of hydrogen-bond acceptors (Lipinski definition) is 3. The van der Waals surface area contributed by atoms with E-state index < -0.39 is 34.4 Å². The molecule has 0 fully saturated rings. The summed E-state index contributed by atoms with van der Waals surface area (Å²) in [6, 6.07) is 0. The second kappa shape index (κ2) is 5.85. The maximum Gasteiger partial charge on any atom is 0.402 e. The number of rotatable bonds is 7. The van der Waals surface area contributed by atoms with Gasteiger partial charge < -0.3 is 5.11 Å². The zero-order valence-corrected chi connectivity index (χ0v) is 10.7. The summed E-state index contributed by atoms with van der Waals surface area (Å²) in [6.45, 7) is 0.953. The fourth-order valence-corrected chi connectivity index (χ4v) is 2.42. The van der Waals surface area contributed by atoms with Gasteiger partial charge in [0.25, 0.3) is 10.2 Å². The summed E-state index contributed by atoms with van der Waals surface area (Å²) in [5, 5.41) is 8.88. The van der Waals surface area contributed by atoms with Gasteiger partial charge in [0.1, 0.15) is 12.1 Å². The van der Waals surface area contributed by atoms with E-state index >= 15 is 0 Å². The Kier molecular flexibility index (Phi) is 5.56. The first-order chi connectivity index (χ1) is 7.92. The van der Waals surface area contributed by atoms with Crippen molar-refractivity contribution in [2.24, 2.45) is 0 Å². The first-order valence-corrected chi connectivity index (χ1v) is 6.49. The van der Waals surface area contributed by atoms with Crippen LogP contribution in [0.2, 0.25) is 0 Å². The molecular weight excluding hydrogens is 277 g/mol. The van der Waals surface area contributed by atoms with Crippen molar-refractivity contribution in [3.8, 4) is 0 Å². The third-order valence-corrected chi connectivity index (χ3v) is 3.29. The van der Waals surface area contributed by atoms with Crippen molar-refractivity contribution in [3.05, 3.63) is 0 Å². The average Bonchev–Trinajstić information content (AvgIpc) is 2.13. The predicted molar refractivity (Wildman–Crippen MR) is 57.1 cm³/mol. The molecule has 6 nitrogen and oxygen atoms in total. The van der Waals surface area contributed by atoms with Crippen molar-refractivity contribution in [1.82, 2.24) is 9.44 Å². The van der Waals surface area contributed by atoms with Gasteiger partial charge in [-0.25, -0.2) is 0 Å².